The number of nitrogens with zero attached hydrogens (tertiary/aromatic N) is 4. The topological polar surface area (TPSA) is 43.6 Å². The number of rotatable bonds is 4. The Morgan fingerprint density at radius 2 is 2.10 bits per heavy atom. The van der Waals surface area contributed by atoms with Gasteiger partial charge >= 0.3 is 0 Å². The molecule has 0 aliphatic heterocycles. The van der Waals surface area contributed by atoms with Crippen LogP contribution in [0.1, 0.15) is 37.9 Å². The van der Waals surface area contributed by atoms with E-state index in [4.69, 9.17) is 11.6 Å². The summed E-state index contributed by atoms with van der Waals surface area (Å²) in [5, 5.41) is 5.44. The molecule has 1 aliphatic rings. The van der Waals surface area contributed by atoms with Gasteiger partial charge in [-0.15, -0.1) is 0 Å². The van der Waals surface area contributed by atoms with Crippen molar-refractivity contribution in [3.8, 4) is 11.3 Å². The molecule has 3 rings (SSSR count). The smallest absolute Gasteiger partial charge is 0.140 e. The maximum Gasteiger partial charge on any atom is 0.140 e. The van der Waals surface area contributed by atoms with Gasteiger partial charge in [0.05, 0.1) is 17.6 Å². The van der Waals surface area contributed by atoms with Crippen molar-refractivity contribution in [2.24, 2.45) is 7.05 Å². The lowest BCUT2D eigenvalue weighted by molar-refractivity contribution is 0.516. The van der Waals surface area contributed by atoms with Crippen LogP contribution >= 0.6 is 23.4 Å². The number of aromatic nitrogens is 4. The molecule has 0 spiro atoms. The third-order valence-electron chi connectivity index (χ3n) is 3.74. The first-order chi connectivity index (χ1) is 10.2. The normalized spacial score (nSPS) is 16.3. The Morgan fingerprint density at radius 3 is 2.81 bits per heavy atom. The molecule has 2 aromatic rings. The summed E-state index contributed by atoms with van der Waals surface area (Å²) in [6, 6.07) is 1.80. The summed E-state index contributed by atoms with van der Waals surface area (Å²) in [5.41, 5.74) is 1.83. The fourth-order valence-corrected chi connectivity index (χ4v) is 4.04. The number of hydrogen-bond donors (Lipinski definition) is 0. The summed E-state index contributed by atoms with van der Waals surface area (Å²) in [4.78, 5) is 8.99. The van der Waals surface area contributed by atoms with Crippen molar-refractivity contribution in [1.29, 1.82) is 0 Å². The highest BCUT2D eigenvalue weighted by Gasteiger charge is 2.15. The zero-order chi connectivity index (χ0) is 14.7. The lowest BCUT2D eigenvalue weighted by atomic mass is 10.0. The van der Waals surface area contributed by atoms with Crippen LogP contribution in [0.15, 0.2) is 18.5 Å². The maximum absolute atomic E-state index is 6.14. The van der Waals surface area contributed by atoms with Crippen molar-refractivity contribution in [2.45, 2.75) is 43.1 Å². The largest absolute Gasteiger partial charge is 0.275 e. The zero-order valence-corrected chi connectivity index (χ0v) is 13.7. The van der Waals surface area contributed by atoms with Gasteiger partial charge in [0.15, 0.2) is 0 Å². The van der Waals surface area contributed by atoms with E-state index in [9.17, 15) is 0 Å². The number of aryl methyl sites for hydroxylation is 1. The Bertz CT molecular complexity index is 607. The molecule has 112 valence electrons. The minimum absolute atomic E-state index is 0.503. The third-order valence-corrected chi connectivity index (χ3v) is 5.30. The van der Waals surface area contributed by atoms with Crippen LogP contribution in [0, 0.1) is 0 Å². The average Bonchev–Trinajstić information content (AvgIpc) is 2.92. The molecule has 0 N–H and O–H groups in total. The van der Waals surface area contributed by atoms with Crippen LogP contribution in [0.4, 0.5) is 0 Å². The highest BCUT2D eigenvalue weighted by atomic mass is 35.5. The highest BCUT2D eigenvalue weighted by Crippen LogP contribution is 2.30. The van der Waals surface area contributed by atoms with E-state index in [0.29, 0.717) is 5.15 Å². The van der Waals surface area contributed by atoms with Crippen LogP contribution in [0.5, 0.6) is 0 Å². The van der Waals surface area contributed by atoms with Crippen LogP contribution in [-0.4, -0.2) is 25.0 Å². The predicted octanol–water partition coefficient (Wildman–Crippen LogP) is 4.10. The molecule has 21 heavy (non-hydrogen) atoms. The van der Waals surface area contributed by atoms with Crippen molar-refractivity contribution in [2.75, 3.05) is 0 Å². The van der Waals surface area contributed by atoms with Crippen LogP contribution < -0.4 is 0 Å². The van der Waals surface area contributed by atoms with E-state index in [1.165, 1.54) is 32.1 Å². The molecule has 0 amide bonds. The van der Waals surface area contributed by atoms with E-state index in [-0.39, 0.29) is 0 Å². The van der Waals surface area contributed by atoms with E-state index < -0.39 is 0 Å². The summed E-state index contributed by atoms with van der Waals surface area (Å²) in [6.45, 7) is 0. The fraction of sp³-hybridized carbons (Fsp3) is 0.533. The lowest BCUT2D eigenvalue weighted by Gasteiger charge is -2.20. The molecule has 2 heterocycles. The van der Waals surface area contributed by atoms with Crippen molar-refractivity contribution in [1.82, 2.24) is 19.7 Å². The maximum atomic E-state index is 6.14. The Hall–Kier alpha value is -1.07. The molecule has 1 fully saturated rings. The SMILES string of the molecule is Cn1cc(-c2cc(Cl)nc(CSC3CCCCC3)n2)cn1. The van der Waals surface area contributed by atoms with Gasteiger partial charge in [-0.25, -0.2) is 9.97 Å². The van der Waals surface area contributed by atoms with Gasteiger partial charge in [0.1, 0.15) is 11.0 Å². The van der Waals surface area contributed by atoms with Gasteiger partial charge < -0.3 is 0 Å². The third kappa shape index (κ3) is 3.98. The van der Waals surface area contributed by atoms with E-state index in [1.807, 2.05) is 25.0 Å². The van der Waals surface area contributed by atoms with E-state index >= 15 is 0 Å². The molecule has 4 nitrogen and oxygen atoms in total. The molecule has 0 unspecified atom stereocenters. The van der Waals surface area contributed by atoms with Crippen molar-refractivity contribution in [3.05, 3.63) is 29.4 Å². The van der Waals surface area contributed by atoms with Crippen LogP contribution in [-0.2, 0) is 12.8 Å². The number of halogens is 1. The fourth-order valence-electron chi connectivity index (χ4n) is 2.65. The summed E-state index contributed by atoms with van der Waals surface area (Å²) in [6.07, 6.45) is 10.5. The van der Waals surface area contributed by atoms with Crippen LogP contribution in [0.25, 0.3) is 11.3 Å². The molecule has 2 aromatic heterocycles. The summed E-state index contributed by atoms with van der Waals surface area (Å²) >= 11 is 8.10. The van der Waals surface area contributed by atoms with Gasteiger partial charge in [-0.1, -0.05) is 30.9 Å². The molecular formula is C15H19ClN4S. The Balaban J connectivity index is 1.71. The van der Waals surface area contributed by atoms with Gasteiger partial charge in [-0.2, -0.15) is 16.9 Å². The predicted molar refractivity (Wildman–Crippen MR) is 87.4 cm³/mol. The second-order valence-corrected chi connectivity index (χ2v) is 7.14. The minimum Gasteiger partial charge on any atom is -0.275 e. The highest BCUT2D eigenvalue weighted by molar-refractivity contribution is 7.99. The van der Waals surface area contributed by atoms with Crippen LogP contribution in [0.3, 0.4) is 0 Å². The zero-order valence-electron chi connectivity index (χ0n) is 12.1. The first-order valence-corrected chi connectivity index (χ1v) is 8.77. The average molecular weight is 323 g/mol. The molecule has 0 bridgehead atoms. The van der Waals surface area contributed by atoms with Crippen molar-refractivity contribution < 1.29 is 0 Å². The summed E-state index contributed by atoms with van der Waals surface area (Å²) in [5.74, 6) is 1.65. The number of thioether (sulfide) groups is 1. The molecule has 1 saturated carbocycles. The molecule has 0 atom stereocenters. The van der Waals surface area contributed by atoms with E-state index in [1.54, 1.807) is 16.9 Å². The summed E-state index contributed by atoms with van der Waals surface area (Å²) < 4.78 is 1.77. The molecular weight excluding hydrogens is 304 g/mol. The van der Waals surface area contributed by atoms with E-state index in [2.05, 4.69) is 15.1 Å². The van der Waals surface area contributed by atoms with Gasteiger partial charge in [-0.05, 0) is 12.8 Å². The first kappa shape index (κ1) is 14.9. The quantitative estimate of drug-likeness (QED) is 0.795. The lowest BCUT2D eigenvalue weighted by Crippen LogP contribution is -2.09. The van der Waals surface area contributed by atoms with Gasteiger partial charge in [0.2, 0.25) is 0 Å². The van der Waals surface area contributed by atoms with Crippen molar-refractivity contribution >= 4 is 23.4 Å². The first-order valence-electron chi connectivity index (χ1n) is 7.35. The molecule has 6 heteroatoms. The van der Waals surface area contributed by atoms with Gasteiger partial charge in [0.25, 0.3) is 0 Å². The number of hydrogen-bond acceptors (Lipinski definition) is 4. The standard InChI is InChI=1S/C15H19ClN4S/c1-20-9-11(8-17-20)13-7-14(16)19-15(18-13)10-21-12-5-3-2-4-6-12/h7-9,12H,2-6,10H2,1H3. The van der Waals surface area contributed by atoms with Gasteiger partial charge in [-0.3, -0.25) is 4.68 Å². The van der Waals surface area contributed by atoms with Crippen LogP contribution in [0.2, 0.25) is 5.15 Å². The Kier molecular flexibility index (Phi) is 4.80. The second kappa shape index (κ2) is 6.79. The minimum atomic E-state index is 0.503. The molecule has 0 aromatic carbocycles. The molecule has 0 saturated heterocycles. The second-order valence-electron chi connectivity index (χ2n) is 5.47. The van der Waals surface area contributed by atoms with Gasteiger partial charge in [0, 0.05) is 30.1 Å². The Labute approximate surface area is 134 Å². The Morgan fingerprint density at radius 1 is 1.29 bits per heavy atom. The van der Waals surface area contributed by atoms with Crippen molar-refractivity contribution in [3.63, 3.8) is 0 Å². The summed E-state index contributed by atoms with van der Waals surface area (Å²) in [7, 11) is 1.89. The monoisotopic (exact) mass is 322 g/mol. The molecule has 0 radical (unpaired) electrons. The van der Waals surface area contributed by atoms with E-state index in [0.717, 1.165) is 28.1 Å². The molecule has 1 aliphatic carbocycles.